The third kappa shape index (κ3) is 6.23. The molecular formula is C15H27IN4S2. The Morgan fingerprint density at radius 1 is 1.50 bits per heavy atom. The zero-order chi connectivity index (χ0) is 15.1. The molecule has 1 unspecified atom stereocenters. The van der Waals surface area contributed by atoms with E-state index < -0.39 is 0 Å². The van der Waals surface area contributed by atoms with Gasteiger partial charge in [-0.05, 0) is 20.3 Å². The average Bonchev–Trinajstić information content (AvgIpc) is 2.92. The van der Waals surface area contributed by atoms with Gasteiger partial charge in [-0.3, -0.25) is 4.99 Å². The number of aromatic nitrogens is 1. The van der Waals surface area contributed by atoms with Crippen LogP contribution in [0.15, 0.2) is 11.2 Å². The van der Waals surface area contributed by atoms with Gasteiger partial charge in [0.05, 0.1) is 5.01 Å². The Balaban J connectivity index is 0.00000242. The van der Waals surface area contributed by atoms with Crippen molar-refractivity contribution in [3.05, 3.63) is 16.1 Å². The van der Waals surface area contributed by atoms with Crippen molar-refractivity contribution in [3.63, 3.8) is 0 Å². The van der Waals surface area contributed by atoms with E-state index in [0.717, 1.165) is 43.8 Å². The van der Waals surface area contributed by atoms with Crippen LogP contribution in [0, 0.1) is 6.92 Å². The number of hydrogen-bond acceptors (Lipinski definition) is 4. The fourth-order valence-corrected chi connectivity index (χ4v) is 4.31. The number of aliphatic imine (C=N–C) groups is 1. The number of nitrogens with one attached hydrogen (secondary N) is 1. The normalized spacial score (nSPS) is 19.0. The number of aryl methyl sites for hydroxylation is 1. The Hall–Kier alpha value is -0.0200. The van der Waals surface area contributed by atoms with Crippen LogP contribution in [0.3, 0.4) is 0 Å². The quantitative estimate of drug-likeness (QED) is 0.421. The molecule has 22 heavy (non-hydrogen) atoms. The van der Waals surface area contributed by atoms with Crippen LogP contribution in [0.25, 0.3) is 0 Å². The highest BCUT2D eigenvalue weighted by molar-refractivity contribution is 14.0. The lowest BCUT2D eigenvalue weighted by Crippen LogP contribution is -2.48. The minimum atomic E-state index is 0. The second-order valence-electron chi connectivity index (χ2n) is 5.20. The number of thiazole rings is 1. The largest absolute Gasteiger partial charge is 0.357 e. The van der Waals surface area contributed by atoms with Gasteiger partial charge >= 0.3 is 0 Å². The molecule has 0 aromatic carbocycles. The molecule has 1 aliphatic rings. The van der Waals surface area contributed by atoms with E-state index in [1.165, 1.54) is 22.1 Å². The van der Waals surface area contributed by atoms with E-state index in [-0.39, 0.29) is 24.0 Å². The van der Waals surface area contributed by atoms with Crippen molar-refractivity contribution in [1.82, 2.24) is 15.2 Å². The van der Waals surface area contributed by atoms with Gasteiger partial charge in [-0.25, -0.2) is 4.98 Å². The van der Waals surface area contributed by atoms with Gasteiger partial charge in [0, 0.05) is 54.7 Å². The highest BCUT2D eigenvalue weighted by Crippen LogP contribution is 2.21. The lowest BCUT2D eigenvalue weighted by atomic mass is 10.3. The summed E-state index contributed by atoms with van der Waals surface area (Å²) in [5.41, 5.74) is 0. The van der Waals surface area contributed by atoms with Gasteiger partial charge < -0.3 is 10.2 Å². The van der Waals surface area contributed by atoms with Gasteiger partial charge in [0.15, 0.2) is 5.96 Å². The summed E-state index contributed by atoms with van der Waals surface area (Å²) in [6.07, 6.45) is 4.12. The van der Waals surface area contributed by atoms with Crippen molar-refractivity contribution in [2.24, 2.45) is 4.99 Å². The highest BCUT2D eigenvalue weighted by atomic mass is 127. The highest BCUT2D eigenvalue weighted by Gasteiger charge is 2.21. The number of guanidine groups is 1. The van der Waals surface area contributed by atoms with Crippen molar-refractivity contribution >= 4 is 53.0 Å². The van der Waals surface area contributed by atoms with Gasteiger partial charge in [-0.2, -0.15) is 11.8 Å². The minimum absolute atomic E-state index is 0. The first-order valence-electron chi connectivity index (χ1n) is 7.79. The molecule has 1 aliphatic heterocycles. The molecule has 1 aromatic rings. The molecule has 1 aromatic heterocycles. The SMILES string of the molecule is CCNC(=NCCc1ncc(C)s1)N1CCSC(CC)C1.I. The fourth-order valence-electron chi connectivity index (χ4n) is 2.36. The van der Waals surface area contributed by atoms with Crippen molar-refractivity contribution in [2.75, 3.05) is 31.9 Å². The predicted octanol–water partition coefficient (Wildman–Crippen LogP) is 3.40. The van der Waals surface area contributed by atoms with Crippen LogP contribution in [-0.4, -0.2) is 53.0 Å². The zero-order valence-corrected chi connectivity index (χ0v) is 17.6. The van der Waals surface area contributed by atoms with Crippen LogP contribution in [0.4, 0.5) is 0 Å². The first-order valence-corrected chi connectivity index (χ1v) is 9.65. The Bertz CT molecular complexity index is 464. The molecule has 1 atom stereocenters. The van der Waals surface area contributed by atoms with E-state index in [0.29, 0.717) is 0 Å². The summed E-state index contributed by atoms with van der Waals surface area (Å²) >= 11 is 3.87. The van der Waals surface area contributed by atoms with E-state index in [2.05, 4.69) is 47.7 Å². The number of hydrogen-bond donors (Lipinski definition) is 1. The third-order valence-corrected chi connectivity index (χ3v) is 5.83. The monoisotopic (exact) mass is 454 g/mol. The molecule has 1 saturated heterocycles. The van der Waals surface area contributed by atoms with Gasteiger partial charge in [0.1, 0.15) is 0 Å². The molecule has 2 rings (SSSR count). The summed E-state index contributed by atoms with van der Waals surface area (Å²) in [4.78, 5) is 12.9. The zero-order valence-electron chi connectivity index (χ0n) is 13.7. The van der Waals surface area contributed by atoms with Crippen LogP contribution in [0.1, 0.15) is 30.2 Å². The molecule has 1 fully saturated rings. The minimum Gasteiger partial charge on any atom is -0.357 e. The van der Waals surface area contributed by atoms with E-state index in [1.807, 2.05) is 6.20 Å². The first kappa shape index (κ1) is 20.0. The molecule has 0 spiro atoms. The molecule has 0 aliphatic carbocycles. The van der Waals surface area contributed by atoms with Gasteiger partial charge in [-0.15, -0.1) is 35.3 Å². The molecule has 1 N–H and O–H groups in total. The topological polar surface area (TPSA) is 40.5 Å². The van der Waals surface area contributed by atoms with E-state index in [4.69, 9.17) is 4.99 Å². The molecule has 7 heteroatoms. The van der Waals surface area contributed by atoms with Gasteiger partial charge in [0.2, 0.25) is 0 Å². The molecular weight excluding hydrogens is 427 g/mol. The summed E-state index contributed by atoms with van der Waals surface area (Å²) in [5.74, 6) is 2.28. The van der Waals surface area contributed by atoms with E-state index in [1.54, 1.807) is 11.3 Å². The van der Waals surface area contributed by atoms with Crippen LogP contribution in [0.5, 0.6) is 0 Å². The van der Waals surface area contributed by atoms with Crippen molar-refractivity contribution in [3.8, 4) is 0 Å². The Morgan fingerprint density at radius 3 is 2.95 bits per heavy atom. The molecule has 0 saturated carbocycles. The second kappa shape index (κ2) is 10.7. The standard InChI is InChI=1S/C15H26N4S2.HI/c1-4-13-11-19(8-9-20-13)15(16-5-2)17-7-6-14-18-10-12(3)21-14;/h10,13H,4-9,11H2,1-3H3,(H,16,17);1H. The van der Waals surface area contributed by atoms with Crippen molar-refractivity contribution in [1.29, 1.82) is 0 Å². The molecule has 2 heterocycles. The summed E-state index contributed by atoms with van der Waals surface area (Å²) in [6.45, 7) is 10.5. The smallest absolute Gasteiger partial charge is 0.193 e. The summed E-state index contributed by atoms with van der Waals surface area (Å²) < 4.78 is 0. The van der Waals surface area contributed by atoms with Crippen LogP contribution in [-0.2, 0) is 6.42 Å². The average molecular weight is 454 g/mol. The number of thioether (sulfide) groups is 1. The lowest BCUT2D eigenvalue weighted by molar-refractivity contribution is 0.408. The van der Waals surface area contributed by atoms with Gasteiger partial charge in [-0.1, -0.05) is 6.92 Å². The fraction of sp³-hybridized carbons (Fsp3) is 0.733. The van der Waals surface area contributed by atoms with E-state index in [9.17, 15) is 0 Å². The number of nitrogens with zero attached hydrogens (tertiary/aromatic N) is 3. The summed E-state index contributed by atoms with van der Waals surface area (Å²) in [7, 11) is 0. The van der Waals surface area contributed by atoms with E-state index >= 15 is 0 Å². The maximum Gasteiger partial charge on any atom is 0.193 e. The molecule has 0 amide bonds. The third-order valence-electron chi connectivity index (χ3n) is 3.48. The summed E-state index contributed by atoms with van der Waals surface area (Å²) in [6, 6.07) is 0. The second-order valence-corrected chi connectivity index (χ2v) is 7.92. The first-order chi connectivity index (χ1) is 10.2. The Labute approximate surface area is 159 Å². The maximum atomic E-state index is 4.80. The number of halogens is 1. The summed E-state index contributed by atoms with van der Waals surface area (Å²) in [5, 5.41) is 5.37. The van der Waals surface area contributed by atoms with Crippen molar-refractivity contribution in [2.45, 2.75) is 38.9 Å². The Kier molecular flexibility index (Phi) is 9.74. The molecule has 0 radical (unpaired) electrons. The van der Waals surface area contributed by atoms with Crippen LogP contribution < -0.4 is 5.32 Å². The number of rotatable bonds is 5. The van der Waals surface area contributed by atoms with Crippen molar-refractivity contribution < 1.29 is 0 Å². The molecule has 126 valence electrons. The Morgan fingerprint density at radius 2 is 2.32 bits per heavy atom. The molecule has 4 nitrogen and oxygen atoms in total. The van der Waals surface area contributed by atoms with Crippen LogP contribution in [0.2, 0.25) is 0 Å². The predicted molar refractivity (Wildman–Crippen MR) is 110 cm³/mol. The van der Waals surface area contributed by atoms with Gasteiger partial charge in [0.25, 0.3) is 0 Å². The molecule has 0 bridgehead atoms. The lowest BCUT2D eigenvalue weighted by Gasteiger charge is -2.34. The maximum absolute atomic E-state index is 4.80. The van der Waals surface area contributed by atoms with Crippen LogP contribution >= 0.6 is 47.1 Å².